The van der Waals surface area contributed by atoms with Crippen LogP contribution in [0.2, 0.25) is 5.02 Å². The minimum absolute atomic E-state index is 0.0574. The van der Waals surface area contributed by atoms with Gasteiger partial charge in [-0.2, -0.15) is 4.39 Å². The maximum atomic E-state index is 12.9. The van der Waals surface area contributed by atoms with Gasteiger partial charge in [0.2, 0.25) is 5.95 Å². The largest absolute Gasteiger partial charge is 0.363 e. The van der Waals surface area contributed by atoms with Crippen LogP contribution in [0.15, 0.2) is 36.7 Å². The lowest BCUT2D eigenvalue weighted by atomic mass is 10.1. The number of halogens is 2. The highest BCUT2D eigenvalue weighted by atomic mass is 35.5. The highest BCUT2D eigenvalue weighted by Crippen LogP contribution is 2.24. The zero-order valence-electron chi connectivity index (χ0n) is 9.19. The van der Waals surface area contributed by atoms with Crippen LogP contribution in [-0.2, 0) is 0 Å². The maximum absolute atomic E-state index is 12.9. The van der Waals surface area contributed by atoms with Gasteiger partial charge in [-0.25, -0.2) is 9.97 Å². The van der Waals surface area contributed by atoms with E-state index in [1.54, 1.807) is 0 Å². The molecule has 0 aliphatic rings. The lowest BCUT2D eigenvalue weighted by molar-refractivity contribution is 0.579. The van der Waals surface area contributed by atoms with Crippen LogP contribution in [0.5, 0.6) is 0 Å². The number of benzene rings is 1. The molecule has 5 heteroatoms. The molecule has 0 fully saturated rings. The predicted octanol–water partition coefficient (Wildman–Crippen LogP) is 3.44. The second-order valence-electron chi connectivity index (χ2n) is 3.61. The van der Waals surface area contributed by atoms with Crippen LogP contribution in [0.3, 0.4) is 0 Å². The standard InChI is InChI=1S/C12H11ClFN3/c1-8(9-4-2-3-5-10(9)13)17-12-6-11(14)15-7-16-12/h2-8H,1H3,(H,15,16,17). The topological polar surface area (TPSA) is 37.8 Å². The molecule has 0 amide bonds. The molecule has 1 heterocycles. The van der Waals surface area contributed by atoms with E-state index in [9.17, 15) is 4.39 Å². The zero-order valence-corrected chi connectivity index (χ0v) is 9.95. The first kappa shape index (κ1) is 11.8. The van der Waals surface area contributed by atoms with E-state index in [0.717, 1.165) is 5.56 Å². The van der Waals surface area contributed by atoms with Crippen molar-refractivity contribution in [2.75, 3.05) is 5.32 Å². The molecular formula is C12H11ClFN3. The summed E-state index contributed by atoms with van der Waals surface area (Å²) in [6, 6.07) is 8.68. The smallest absolute Gasteiger partial charge is 0.217 e. The molecule has 0 radical (unpaired) electrons. The second kappa shape index (κ2) is 5.10. The van der Waals surface area contributed by atoms with E-state index >= 15 is 0 Å². The molecule has 2 aromatic rings. The van der Waals surface area contributed by atoms with Gasteiger partial charge in [-0.05, 0) is 18.6 Å². The number of nitrogens with one attached hydrogen (secondary N) is 1. The van der Waals surface area contributed by atoms with Crippen LogP contribution in [0.25, 0.3) is 0 Å². The van der Waals surface area contributed by atoms with Crippen molar-refractivity contribution in [1.29, 1.82) is 0 Å². The molecule has 0 aliphatic carbocycles. The summed E-state index contributed by atoms with van der Waals surface area (Å²) in [7, 11) is 0. The first-order chi connectivity index (χ1) is 8.16. The van der Waals surface area contributed by atoms with Crippen LogP contribution < -0.4 is 5.32 Å². The summed E-state index contributed by atoms with van der Waals surface area (Å²) in [5.41, 5.74) is 0.938. The monoisotopic (exact) mass is 251 g/mol. The molecule has 0 aliphatic heterocycles. The van der Waals surface area contributed by atoms with Crippen LogP contribution in [0, 0.1) is 5.95 Å². The fourth-order valence-corrected chi connectivity index (χ4v) is 1.84. The molecule has 2 rings (SSSR count). The lowest BCUT2D eigenvalue weighted by Gasteiger charge is -2.15. The van der Waals surface area contributed by atoms with Crippen molar-refractivity contribution in [2.24, 2.45) is 0 Å². The molecular weight excluding hydrogens is 241 g/mol. The molecule has 1 unspecified atom stereocenters. The van der Waals surface area contributed by atoms with Crippen LogP contribution in [0.4, 0.5) is 10.2 Å². The summed E-state index contributed by atoms with van der Waals surface area (Å²) >= 11 is 6.07. The van der Waals surface area contributed by atoms with Gasteiger partial charge in [0.1, 0.15) is 12.1 Å². The van der Waals surface area contributed by atoms with E-state index in [1.807, 2.05) is 31.2 Å². The summed E-state index contributed by atoms with van der Waals surface area (Å²) < 4.78 is 12.9. The molecule has 1 aromatic carbocycles. The quantitative estimate of drug-likeness (QED) is 0.849. The minimum atomic E-state index is -0.561. The summed E-state index contributed by atoms with van der Waals surface area (Å²) in [5.74, 6) is -0.126. The number of rotatable bonds is 3. The Kier molecular flexibility index (Phi) is 3.54. The fraction of sp³-hybridized carbons (Fsp3) is 0.167. The van der Waals surface area contributed by atoms with Crippen molar-refractivity contribution >= 4 is 17.4 Å². The Morgan fingerprint density at radius 2 is 2.06 bits per heavy atom. The van der Waals surface area contributed by atoms with Gasteiger partial charge in [0, 0.05) is 11.1 Å². The van der Waals surface area contributed by atoms with Gasteiger partial charge in [0.05, 0.1) is 6.04 Å². The van der Waals surface area contributed by atoms with E-state index in [4.69, 9.17) is 11.6 Å². The zero-order chi connectivity index (χ0) is 12.3. The molecule has 1 aromatic heterocycles. The third-order valence-electron chi connectivity index (χ3n) is 2.37. The fourth-order valence-electron chi connectivity index (χ4n) is 1.54. The highest BCUT2D eigenvalue weighted by Gasteiger charge is 2.09. The van der Waals surface area contributed by atoms with E-state index < -0.39 is 5.95 Å². The summed E-state index contributed by atoms with van der Waals surface area (Å²) in [6.07, 6.45) is 1.18. The van der Waals surface area contributed by atoms with Crippen molar-refractivity contribution in [3.05, 3.63) is 53.2 Å². The number of hydrogen-bond donors (Lipinski definition) is 1. The number of nitrogens with zero attached hydrogens (tertiary/aromatic N) is 2. The van der Waals surface area contributed by atoms with Gasteiger partial charge < -0.3 is 5.32 Å². The van der Waals surface area contributed by atoms with Crippen LogP contribution in [-0.4, -0.2) is 9.97 Å². The Morgan fingerprint density at radius 1 is 1.29 bits per heavy atom. The SMILES string of the molecule is CC(Nc1cc(F)ncn1)c1ccccc1Cl. The number of anilines is 1. The number of aromatic nitrogens is 2. The van der Waals surface area contributed by atoms with Gasteiger partial charge in [-0.3, -0.25) is 0 Å². The summed E-state index contributed by atoms with van der Waals surface area (Å²) in [6.45, 7) is 1.93. The molecule has 0 spiro atoms. The Labute approximate surface area is 104 Å². The first-order valence-electron chi connectivity index (χ1n) is 5.15. The first-order valence-corrected chi connectivity index (χ1v) is 5.53. The molecule has 0 saturated carbocycles. The van der Waals surface area contributed by atoms with Gasteiger partial charge >= 0.3 is 0 Å². The van der Waals surface area contributed by atoms with Crippen LogP contribution in [0.1, 0.15) is 18.5 Å². The molecule has 88 valence electrons. The highest BCUT2D eigenvalue weighted by molar-refractivity contribution is 6.31. The van der Waals surface area contributed by atoms with Gasteiger partial charge in [-0.1, -0.05) is 29.8 Å². The van der Waals surface area contributed by atoms with Gasteiger partial charge in [-0.15, -0.1) is 0 Å². The van der Waals surface area contributed by atoms with E-state index in [2.05, 4.69) is 15.3 Å². The minimum Gasteiger partial charge on any atom is -0.363 e. The Bertz CT molecular complexity index is 519. The Balaban J connectivity index is 2.17. The molecule has 0 bridgehead atoms. The van der Waals surface area contributed by atoms with Crippen molar-refractivity contribution in [3.63, 3.8) is 0 Å². The summed E-state index contributed by atoms with van der Waals surface area (Å²) in [5, 5.41) is 3.73. The van der Waals surface area contributed by atoms with Crippen LogP contribution >= 0.6 is 11.6 Å². The van der Waals surface area contributed by atoms with Crippen molar-refractivity contribution in [3.8, 4) is 0 Å². The van der Waals surface area contributed by atoms with E-state index in [1.165, 1.54) is 12.4 Å². The van der Waals surface area contributed by atoms with Gasteiger partial charge in [0.15, 0.2) is 0 Å². The second-order valence-corrected chi connectivity index (χ2v) is 4.02. The average molecular weight is 252 g/mol. The van der Waals surface area contributed by atoms with Crippen molar-refractivity contribution in [1.82, 2.24) is 9.97 Å². The molecule has 0 saturated heterocycles. The average Bonchev–Trinajstić information content (AvgIpc) is 2.29. The maximum Gasteiger partial charge on any atom is 0.217 e. The van der Waals surface area contributed by atoms with Crippen molar-refractivity contribution in [2.45, 2.75) is 13.0 Å². The third kappa shape index (κ3) is 2.91. The Hall–Kier alpha value is -1.68. The molecule has 1 N–H and O–H groups in total. The lowest BCUT2D eigenvalue weighted by Crippen LogP contribution is -2.08. The predicted molar refractivity (Wildman–Crippen MR) is 65.5 cm³/mol. The van der Waals surface area contributed by atoms with Gasteiger partial charge in [0.25, 0.3) is 0 Å². The normalized spacial score (nSPS) is 12.2. The third-order valence-corrected chi connectivity index (χ3v) is 2.71. The Morgan fingerprint density at radius 3 is 2.76 bits per heavy atom. The number of hydrogen-bond acceptors (Lipinski definition) is 3. The summed E-state index contributed by atoms with van der Waals surface area (Å²) in [4.78, 5) is 7.32. The van der Waals surface area contributed by atoms with Crippen molar-refractivity contribution < 1.29 is 4.39 Å². The molecule has 3 nitrogen and oxygen atoms in total. The molecule has 17 heavy (non-hydrogen) atoms. The molecule has 1 atom stereocenters. The van der Waals surface area contributed by atoms with E-state index in [-0.39, 0.29) is 6.04 Å². The van der Waals surface area contributed by atoms with E-state index in [0.29, 0.717) is 10.8 Å².